The minimum atomic E-state index is -0.994. The monoisotopic (exact) mass is 459 g/mol. The predicted octanol–water partition coefficient (Wildman–Crippen LogP) is 5.47. The molecule has 0 radical (unpaired) electrons. The molecule has 2 heterocycles. The van der Waals surface area contributed by atoms with Crippen LogP contribution in [-0.2, 0) is 6.54 Å². The maximum Gasteiger partial charge on any atom is 0.353 e. The van der Waals surface area contributed by atoms with Crippen LogP contribution in [-0.4, -0.2) is 38.1 Å². The Bertz CT molecular complexity index is 1470. The zero-order valence-corrected chi connectivity index (χ0v) is 18.9. The van der Waals surface area contributed by atoms with Gasteiger partial charge in [-0.1, -0.05) is 18.2 Å². The molecule has 0 aliphatic rings. The van der Waals surface area contributed by atoms with E-state index in [1.807, 2.05) is 72.2 Å². The molecule has 1 N–H and O–H groups in total. The van der Waals surface area contributed by atoms with E-state index < -0.39 is 5.97 Å². The fourth-order valence-electron chi connectivity index (χ4n) is 4.14. The largest absolute Gasteiger partial charge is 0.497 e. The Morgan fingerprint density at radius 3 is 2.48 bits per heavy atom. The van der Waals surface area contributed by atoms with Crippen molar-refractivity contribution in [2.24, 2.45) is 0 Å². The van der Waals surface area contributed by atoms with Crippen LogP contribution in [0.15, 0.2) is 60.7 Å². The van der Waals surface area contributed by atoms with Crippen molar-refractivity contribution in [3.63, 3.8) is 0 Å². The van der Waals surface area contributed by atoms with Gasteiger partial charge in [0, 0.05) is 23.0 Å². The number of fused-ring (bicyclic) bond motifs is 2. The van der Waals surface area contributed by atoms with Crippen LogP contribution in [0.25, 0.3) is 33.1 Å². The summed E-state index contributed by atoms with van der Waals surface area (Å²) in [4.78, 5) is 12.6. The Labute approximate surface area is 194 Å². The summed E-state index contributed by atoms with van der Waals surface area (Å²) in [6.45, 7) is 2.83. The third-order valence-electron chi connectivity index (χ3n) is 5.59. The molecule has 8 heteroatoms. The number of aromatic nitrogens is 3. The van der Waals surface area contributed by atoms with Crippen molar-refractivity contribution in [2.75, 3.05) is 13.7 Å². The number of methoxy groups -OCH3 is 1. The summed E-state index contributed by atoms with van der Waals surface area (Å²) in [5, 5.41) is 11.1. The van der Waals surface area contributed by atoms with E-state index in [0.29, 0.717) is 30.2 Å². The molecule has 0 bridgehead atoms. The lowest BCUT2D eigenvalue weighted by Gasteiger charge is -2.10. The summed E-state index contributed by atoms with van der Waals surface area (Å²) in [5.74, 6) is 0.412. The molecule has 0 fully saturated rings. The van der Waals surface area contributed by atoms with Gasteiger partial charge < -0.3 is 19.1 Å². The number of ether oxygens (including phenoxy) is 2. The van der Waals surface area contributed by atoms with E-state index in [-0.39, 0.29) is 5.69 Å². The molecular formula is C25H21N3O4S. The van der Waals surface area contributed by atoms with Crippen molar-refractivity contribution in [1.29, 1.82) is 0 Å². The van der Waals surface area contributed by atoms with Crippen LogP contribution in [0.5, 0.6) is 11.5 Å². The molecule has 0 aliphatic carbocycles. The van der Waals surface area contributed by atoms with E-state index in [1.165, 1.54) is 0 Å². The van der Waals surface area contributed by atoms with Gasteiger partial charge in [-0.3, -0.25) is 0 Å². The summed E-state index contributed by atoms with van der Waals surface area (Å²) in [5.41, 5.74) is 5.07. The number of aromatic carboxylic acids is 1. The van der Waals surface area contributed by atoms with Gasteiger partial charge in [-0.05, 0) is 60.5 Å². The van der Waals surface area contributed by atoms with Crippen molar-refractivity contribution < 1.29 is 19.4 Å². The van der Waals surface area contributed by atoms with E-state index in [0.717, 1.165) is 44.8 Å². The quantitative estimate of drug-likeness (QED) is 0.347. The maximum absolute atomic E-state index is 12.6. The number of carbonyl (C=O) groups is 1. The molecule has 33 heavy (non-hydrogen) atoms. The Hall–Kier alpha value is -3.91. The third kappa shape index (κ3) is 3.78. The second-order valence-corrected chi connectivity index (χ2v) is 8.07. The van der Waals surface area contributed by atoms with Crippen LogP contribution in [0.4, 0.5) is 0 Å². The minimum absolute atomic E-state index is 0.223. The highest BCUT2D eigenvalue weighted by atomic mass is 32.1. The van der Waals surface area contributed by atoms with Gasteiger partial charge in [0.05, 0.1) is 25.4 Å². The summed E-state index contributed by atoms with van der Waals surface area (Å²) in [7, 11) is 1.60. The van der Waals surface area contributed by atoms with Crippen LogP contribution in [0.1, 0.15) is 23.0 Å². The third-order valence-corrected chi connectivity index (χ3v) is 6.14. The summed E-state index contributed by atoms with van der Waals surface area (Å²) < 4.78 is 21.4. The summed E-state index contributed by atoms with van der Waals surface area (Å²) in [6.07, 6.45) is 0. The van der Waals surface area contributed by atoms with Gasteiger partial charge in [-0.2, -0.15) is 8.75 Å². The van der Waals surface area contributed by atoms with Gasteiger partial charge in [-0.15, -0.1) is 0 Å². The van der Waals surface area contributed by atoms with E-state index >= 15 is 0 Å². The molecule has 5 rings (SSSR count). The number of carboxylic acids is 1. The first-order valence-electron chi connectivity index (χ1n) is 10.5. The number of carboxylic acid groups (broad SMARTS) is 1. The van der Waals surface area contributed by atoms with Crippen molar-refractivity contribution in [3.8, 4) is 22.6 Å². The van der Waals surface area contributed by atoms with Gasteiger partial charge >= 0.3 is 5.97 Å². The van der Waals surface area contributed by atoms with Crippen LogP contribution >= 0.6 is 11.7 Å². The molecule has 0 atom stereocenters. The molecule has 2 aromatic heterocycles. The number of nitrogens with zero attached hydrogens (tertiary/aromatic N) is 3. The highest BCUT2D eigenvalue weighted by Gasteiger charge is 2.24. The second-order valence-electron chi connectivity index (χ2n) is 7.54. The minimum Gasteiger partial charge on any atom is -0.497 e. The fraction of sp³-hybridized carbons (Fsp3) is 0.160. The molecule has 0 saturated heterocycles. The number of hydrogen-bond acceptors (Lipinski definition) is 6. The van der Waals surface area contributed by atoms with Gasteiger partial charge in [-0.25, -0.2) is 4.79 Å². The lowest BCUT2D eigenvalue weighted by atomic mass is 10.0. The van der Waals surface area contributed by atoms with Gasteiger partial charge in [0.25, 0.3) is 0 Å². The first kappa shape index (κ1) is 21.0. The highest BCUT2D eigenvalue weighted by Crippen LogP contribution is 2.38. The smallest absolute Gasteiger partial charge is 0.353 e. The van der Waals surface area contributed by atoms with E-state index in [9.17, 15) is 9.90 Å². The van der Waals surface area contributed by atoms with Crippen LogP contribution < -0.4 is 9.47 Å². The van der Waals surface area contributed by atoms with Crippen molar-refractivity contribution >= 4 is 39.6 Å². The van der Waals surface area contributed by atoms with E-state index in [2.05, 4.69) is 8.75 Å². The second kappa shape index (κ2) is 8.55. The Morgan fingerprint density at radius 2 is 1.76 bits per heavy atom. The Kier molecular flexibility index (Phi) is 5.43. The van der Waals surface area contributed by atoms with Crippen LogP contribution in [0.2, 0.25) is 0 Å². The molecule has 5 aromatic rings. The molecule has 166 valence electrons. The summed E-state index contributed by atoms with van der Waals surface area (Å²) in [6, 6.07) is 19.0. The van der Waals surface area contributed by atoms with Crippen LogP contribution in [0, 0.1) is 0 Å². The van der Waals surface area contributed by atoms with Crippen LogP contribution in [0.3, 0.4) is 0 Å². The molecular weight excluding hydrogens is 438 g/mol. The number of hydrogen-bond donors (Lipinski definition) is 1. The molecule has 7 nitrogen and oxygen atoms in total. The van der Waals surface area contributed by atoms with Crippen molar-refractivity contribution in [3.05, 3.63) is 71.9 Å². The first-order chi connectivity index (χ1) is 16.1. The first-order valence-corrected chi connectivity index (χ1v) is 11.2. The van der Waals surface area contributed by atoms with Gasteiger partial charge in [0.1, 0.15) is 28.2 Å². The Balaban J connectivity index is 1.74. The molecule has 0 spiro atoms. The van der Waals surface area contributed by atoms with Gasteiger partial charge in [0.2, 0.25) is 0 Å². The number of rotatable bonds is 7. The Morgan fingerprint density at radius 1 is 1.00 bits per heavy atom. The lowest BCUT2D eigenvalue weighted by molar-refractivity contribution is 0.0687. The average molecular weight is 460 g/mol. The molecule has 0 aliphatic heterocycles. The van der Waals surface area contributed by atoms with E-state index in [1.54, 1.807) is 7.11 Å². The molecule has 0 amide bonds. The summed E-state index contributed by atoms with van der Waals surface area (Å²) >= 11 is 1.16. The highest BCUT2D eigenvalue weighted by molar-refractivity contribution is 7.00. The molecule has 0 saturated carbocycles. The zero-order chi connectivity index (χ0) is 22.9. The number of benzene rings is 3. The maximum atomic E-state index is 12.6. The van der Waals surface area contributed by atoms with Gasteiger partial charge in [0.15, 0.2) is 0 Å². The standard InChI is InChI=1S/C25H21N3O4S/c1-3-32-18-9-11-22-19(13-18)23(16-5-7-17(31-2)8-6-16)24(25(29)30)28(22)14-15-4-10-20-21(12-15)27-33-26-20/h4-13H,3,14H2,1-2H3,(H,29,30). The SMILES string of the molecule is CCOc1ccc2c(c1)c(-c1ccc(OC)cc1)c(C(=O)O)n2Cc1ccc2nsnc2c1. The average Bonchev–Trinajstić information content (AvgIpc) is 3.41. The van der Waals surface area contributed by atoms with Crippen molar-refractivity contribution in [1.82, 2.24) is 13.3 Å². The topological polar surface area (TPSA) is 86.5 Å². The predicted molar refractivity (Wildman–Crippen MR) is 129 cm³/mol. The zero-order valence-electron chi connectivity index (χ0n) is 18.1. The van der Waals surface area contributed by atoms with Crippen molar-refractivity contribution in [2.45, 2.75) is 13.5 Å². The fourth-order valence-corrected chi connectivity index (χ4v) is 4.65. The normalized spacial score (nSPS) is 11.2. The van der Waals surface area contributed by atoms with E-state index in [4.69, 9.17) is 9.47 Å². The molecule has 0 unspecified atom stereocenters. The lowest BCUT2D eigenvalue weighted by Crippen LogP contribution is -2.10. The molecule has 3 aromatic carbocycles.